The summed E-state index contributed by atoms with van der Waals surface area (Å²) in [5.74, 6) is -5.34. The quantitative estimate of drug-likeness (QED) is 0.0392. The summed E-state index contributed by atoms with van der Waals surface area (Å²) in [6.45, 7) is 3.19. The Morgan fingerprint density at radius 1 is 0.614 bits per heavy atom. The van der Waals surface area contributed by atoms with E-state index >= 15 is 0 Å². The number of methoxy groups -OCH3 is 1. The van der Waals surface area contributed by atoms with E-state index in [1.807, 2.05) is 0 Å². The van der Waals surface area contributed by atoms with Gasteiger partial charge in [0.1, 0.15) is 28.2 Å². The second kappa shape index (κ2) is 20.9. The number of aryl methyl sites for hydroxylation is 6. The number of carbonyl (C=O) groups is 11. The molecule has 7 heterocycles. The molecular weight excluding hydrogens is 1080 g/mol. The van der Waals surface area contributed by atoms with Crippen LogP contribution in [0, 0.1) is 16.7 Å². The van der Waals surface area contributed by atoms with Gasteiger partial charge < -0.3 is 74.3 Å². The first-order chi connectivity index (χ1) is 39.3. The number of carbonyl (C=O) groups excluding carboxylic acids is 11. The third kappa shape index (κ3) is 10.2. The van der Waals surface area contributed by atoms with Gasteiger partial charge in [0.2, 0.25) is 23.5 Å². The van der Waals surface area contributed by atoms with Crippen molar-refractivity contribution < 1.29 is 57.5 Å². The normalized spacial score (nSPS) is 18.4. The lowest BCUT2D eigenvalue weighted by Crippen LogP contribution is -2.37. The fraction of sp³-hybridized carbons (Fsp3) is 0.327. The average molecular weight is 1140 g/mol. The minimum Gasteiger partial charge on any atom is -0.468 e. The van der Waals surface area contributed by atoms with Gasteiger partial charge in [-0.05, 0) is 56.4 Å². The van der Waals surface area contributed by atoms with Crippen molar-refractivity contribution in [3.05, 3.63) is 119 Å². The molecule has 1 spiro atoms. The second-order valence-electron chi connectivity index (χ2n) is 21.3. The summed E-state index contributed by atoms with van der Waals surface area (Å²) >= 11 is 0. The number of esters is 1. The Labute approximate surface area is 472 Å². The minimum atomic E-state index is -1.52. The number of amides is 8. The van der Waals surface area contributed by atoms with Crippen LogP contribution >= 0.6 is 0 Å². The van der Waals surface area contributed by atoms with Crippen molar-refractivity contribution in [3.8, 4) is 0 Å². The van der Waals surface area contributed by atoms with Crippen molar-refractivity contribution >= 4 is 99.2 Å². The van der Waals surface area contributed by atoms with Gasteiger partial charge in [0, 0.05) is 134 Å². The van der Waals surface area contributed by atoms with Crippen molar-refractivity contribution in [1.82, 2.24) is 47.6 Å². The molecule has 0 unspecified atom stereocenters. The van der Waals surface area contributed by atoms with Gasteiger partial charge in [-0.15, -0.1) is 0 Å². The maximum atomic E-state index is 14.2. The molecule has 1 aliphatic heterocycles. The zero-order valence-electron chi connectivity index (χ0n) is 46.6. The Kier molecular flexibility index (Phi) is 14.1. The van der Waals surface area contributed by atoms with Crippen molar-refractivity contribution in [2.75, 3.05) is 52.1 Å². The third-order valence-corrected chi connectivity index (χ3v) is 15.3. The highest BCUT2D eigenvalue weighted by Crippen LogP contribution is 2.72. The summed E-state index contributed by atoms with van der Waals surface area (Å²) in [6, 6.07) is 5.92. The largest absolute Gasteiger partial charge is 0.468 e. The predicted octanol–water partition coefficient (Wildman–Crippen LogP) is 3.00. The number of aromatic nitrogens is 8. The number of nitrogens with one attached hydrogen (secondary N) is 7. The number of ether oxygens (including phenoxy) is 1. The van der Waals surface area contributed by atoms with Crippen molar-refractivity contribution in [3.63, 3.8) is 0 Å². The van der Waals surface area contributed by atoms with E-state index in [2.05, 4.69) is 47.2 Å². The number of ketones is 2. The van der Waals surface area contributed by atoms with Gasteiger partial charge in [0.15, 0.2) is 23.2 Å². The highest BCUT2D eigenvalue weighted by Gasteiger charge is 2.72. The topological polar surface area (TPSA) is 340 Å². The highest BCUT2D eigenvalue weighted by molar-refractivity contribution is 6.24. The van der Waals surface area contributed by atoms with Gasteiger partial charge in [-0.25, -0.2) is 9.97 Å². The molecular formula is C55H58N16O12. The molecule has 28 nitrogen and oxygen atoms in total. The van der Waals surface area contributed by atoms with Crippen LogP contribution in [0.3, 0.4) is 0 Å². The molecule has 0 radical (unpaired) electrons. The maximum Gasteiger partial charge on any atom is 0.319 e. The van der Waals surface area contributed by atoms with E-state index in [1.54, 1.807) is 65.4 Å². The number of piperidine rings is 1. The van der Waals surface area contributed by atoms with E-state index in [0.29, 0.717) is 40.3 Å². The van der Waals surface area contributed by atoms with Crippen LogP contribution in [-0.2, 0) is 71.0 Å². The van der Waals surface area contributed by atoms with Gasteiger partial charge in [-0.2, -0.15) is 0 Å². The fourth-order valence-corrected chi connectivity index (χ4v) is 11.2. The summed E-state index contributed by atoms with van der Waals surface area (Å²) in [7, 11) is 10.9. The Balaban J connectivity index is 0.675. The molecule has 3 aliphatic carbocycles. The van der Waals surface area contributed by atoms with E-state index < -0.39 is 69.7 Å². The molecule has 4 aliphatic rings. The van der Waals surface area contributed by atoms with Crippen LogP contribution < -0.4 is 37.2 Å². The number of hydrogen-bond donors (Lipinski definition) is 7. The lowest BCUT2D eigenvalue weighted by molar-refractivity contribution is -0.155. The molecule has 10 rings (SSSR count). The van der Waals surface area contributed by atoms with Crippen LogP contribution in [-0.4, -0.2) is 127 Å². The molecule has 8 amide bonds. The van der Waals surface area contributed by atoms with Crippen molar-refractivity contribution in [2.45, 2.75) is 39.5 Å². The molecule has 7 N–H and O–H groups in total. The highest BCUT2D eigenvalue weighted by atomic mass is 16.5. The molecule has 0 aromatic carbocycles. The lowest BCUT2D eigenvalue weighted by atomic mass is 9.80. The van der Waals surface area contributed by atoms with Crippen LogP contribution in [0.5, 0.6) is 0 Å². The smallest absolute Gasteiger partial charge is 0.319 e. The molecule has 2 fully saturated rings. The SMILES string of the molecule is COC(=O)[C@]1(C)CC2=C(C1=O)[C@@]13C[C@@H]1CN(C(=O)c1cc(NC(=O)c4cc(NC(=O)c5nc(NC(=O)CCCNC(=O)c6cc(NC(=O)c7cc(NC(=O)c8nc(NC(C)=O)cn8C)cn7C)cn6C)cn5C)cn4C)cn1C)C3=CC2=O. The number of allylic oxidation sites excluding steroid dienone is 3. The Bertz CT molecular complexity index is 3930. The number of hydrogen-bond acceptors (Lipinski definition) is 14. The predicted molar refractivity (Wildman–Crippen MR) is 296 cm³/mol. The second-order valence-corrected chi connectivity index (χ2v) is 21.3. The molecule has 0 bridgehead atoms. The van der Waals surface area contributed by atoms with Crippen LogP contribution in [0.4, 0.5) is 34.4 Å². The number of likely N-dealkylation sites (tertiary alicyclic amines) is 1. The molecule has 6 aromatic rings. The van der Waals surface area contributed by atoms with E-state index in [-0.39, 0.29) is 95.9 Å². The molecule has 28 heteroatoms. The first-order valence-corrected chi connectivity index (χ1v) is 26.1. The molecule has 1 saturated carbocycles. The summed E-state index contributed by atoms with van der Waals surface area (Å²) in [6.07, 6.45) is 11.3. The summed E-state index contributed by atoms with van der Waals surface area (Å²) in [5, 5.41) is 18.9. The van der Waals surface area contributed by atoms with E-state index in [0.717, 1.165) is 0 Å². The monoisotopic (exact) mass is 1130 g/mol. The average Bonchev–Trinajstić information content (AvgIpc) is 1.53. The summed E-state index contributed by atoms with van der Waals surface area (Å²) < 4.78 is 13.9. The van der Waals surface area contributed by atoms with Crippen LogP contribution in [0.15, 0.2) is 84.4 Å². The van der Waals surface area contributed by atoms with Gasteiger partial charge >= 0.3 is 5.97 Å². The lowest BCUT2D eigenvalue weighted by Gasteiger charge is -2.29. The molecule has 1 saturated heterocycles. The fourth-order valence-electron chi connectivity index (χ4n) is 11.2. The van der Waals surface area contributed by atoms with Crippen LogP contribution in [0.2, 0.25) is 0 Å². The molecule has 3 atom stereocenters. The third-order valence-electron chi connectivity index (χ3n) is 15.3. The van der Waals surface area contributed by atoms with Gasteiger partial charge in [-0.1, -0.05) is 0 Å². The van der Waals surface area contributed by atoms with Gasteiger partial charge in [0.05, 0.1) is 29.9 Å². The molecule has 430 valence electrons. The van der Waals surface area contributed by atoms with Gasteiger partial charge in [-0.3, -0.25) is 52.7 Å². The summed E-state index contributed by atoms with van der Waals surface area (Å²) in [4.78, 5) is 155. The minimum absolute atomic E-state index is 0.00987. The standard InChI is InChI=1S/C55H58N16O12/c1-27(72)57-40-25-69(7)45(63-40)50(79)60-30-14-35(66(4)22-30)48(77)58-29-13-34(65(3)21-29)47(76)56-12-10-11-42(74)62-41-26-70(8)46(64-41)51(80)61-31-15-36(67(5)23-31)49(78)59-32-16-37(68(6)24-32)52(81)71-20-28-18-55(28)39(71)17-38(73)33-19-54(2,53(82)83-9)44(75)43(33)55/h13-17,21-26,28H,10-12,18-20H2,1-9H3,(H,56,76)(H,57,72)(H,58,77)(H,59,78)(H,60,79)(H,61,80)(H,62,74)/t28-,54-,55+/m1/s1. The van der Waals surface area contributed by atoms with E-state index in [4.69, 9.17) is 4.74 Å². The Morgan fingerprint density at radius 3 is 1.59 bits per heavy atom. The van der Waals surface area contributed by atoms with E-state index in [1.165, 1.54) is 97.6 Å². The zero-order valence-corrected chi connectivity index (χ0v) is 46.6. The number of rotatable bonds is 17. The first-order valence-electron chi connectivity index (χ1n) is 26.1. The number of nitrogens with zero attached hydrogens (tertiary/aromatic N) is 9. The number of imidazole rings is 2. The van der Waals surface area contributed by atoms with E-state index in [9.17, 15) is 52.7 Å². The van der Waals surface area contributed by atoms with Crippen molar-refractivity contribution in [2.24, 2.45) is 59.0 Å². The first kappa shape index (κ1) is 55.9. The number of anilines is 6. The molecule has 83 heavy (non-hydrogen) atoms. The maximum absolute atomic E-state index is 14.2. The Hall–Kier alpha value is -10.4. The summed E-state index contributed by atoms with van der Waals surface area (Å²) in [5.41, 5.74) is 0.667. The Morgan fingerprint density at radius 2 is 1.08 bits per heavy atom. The van der Waals surface area contributed by atoms with Gasteiger partial charge in [0.25, 0.3) is 35.4 Å². The molecule has 6 aromatic heterocycles. The number of Topliss-reactive ketones (excluding diaryl/α,β-unsaturated/α-hetero) is 1. The van der Waals surface area contributed by atoms with Crippen LogP contribution in [0.25, 0.3) is 0 Å². The zero-order chi connectivity index (χ0) is 59.7. The van der Waals surface area contributed by atoms with Crippen LogP contribution in [0.1, 0.15) is 103 Å². The van der Waals surface area contributed by atoms with Crippen molar-refractivity contribution in [1.29, 1.82) is 0 Å².